The minimum atomic E-state index is -0.326. The zero-order valence-electron chi connectivity index (χ0n) is 14.3. The van der Waals surface area contributed by atoms with Crippen LogP contribution in [0, 0.1) is 0 Å². The number of carbonyl (C=O) groups excluding carboxylic acids is 1. The molecule has 0 unspecified atom stereocenters. The first-order valence-corrected chi connectivity index (χ1v) is 9.25. The summed E-state index contributed by atoms with van der Waals surface area (Å²) in [7, 11) is 0. The van der Waals surface area contributed by atoms with Gasteiger partial charge in [-0.25, -0.2) is 0 Å². The van der Waals surface area contributed by atoms with E-state index in [1.54, 1.807) is 23.0 Å². The Balaban J connectivity index is 1.57. The SMILES string of the molecule is CCn1cc(CNC(=O)c2ccc(COc3c(Cl)cc(Cl)cc3Cl)o2)cn1. The molecule has 1 amide bonds. The van der Waals surface area contributed by atoms with Crippen LogP contribution in [-0.4, -0.2) is 15.7 Å². The molecule has 27 heavy (non-hydrogen) atoms. The van der Waals surface area contributed by atoms with E-state index < -0.39 is 0 Å². The lowest BCUT2D eigenvalue weighted by Gasteiger charge is -2.09. The highest BCUT2D eigenvalue weighted by Crippen LogP contribution is 2.36. The van der Waals surface area contributed by atoms with Crippen molar-refractivity contribution in [3.05, 3.63) is 68.8 Å². The number of aromatic nitrogens is 2. The van der Waals surface area contributed by atoms with Gasteiger partial charge in [0.05, 0.1) is 16.2 Å². The molecule has 1 aromatic carbocycles. The van der Waals surface area contributed by atoms with Crippen molar-refractivity contribution in [3.63, 3.8) is 0 Å². The summed E-state index contributed by atoms with van der Waals surface area (Å²) in [6.45, 7) is 3.20. The van der Waals surface area contributed by atoms with E-state index in [-0.39, 0.29) is 18.3 Å². The first-order chi connectivity index (χ1) is 13.0. The van der Waals surface area contributed by atoms with E-state index in [9.17, 15) is 4.79 Å². The van der Waals surface area contributed by atoms with E-state index in [4.69, 9.17) is 44.0 Å². The zero-order chi connectivity index (χ0) is 19.4. The molecule has 0 radical (unpaired) electrons. The minimum Gasteiger partial charge on any atom is -0.483 e. The molecule has 0 bridgehead atoms. The Labute approximate surface area is 171 Å². The Morgan fingerprint density at radius 1 is 1.26 bits per heavy atom. The average Bonchev–Trinajstić information content (AvgIpc) is 3.28. The number of rotatable bonds is 7. The summed E-state index contributed by atoms with van der Waals surface area (Å²) in [6, 6.07) is 6.30. The molecule has 0 atom stereocenters. The number of aryl methyl sites for hydroxylation is 1. The van der Waals surface area contributed by atoms with Crippen LogP contribution in [-0.2, 0) is 19.7 Å². The zero-order valence-corrected chi connectivity index (χ0v) is 16.6. The smallest absolute Gasteiger partial charge is 0.287 e. The van der Waals surface area contributed by atoms with Gasteiger partial charge in [-0.05, 0) is 31.2 Å². The van der Waals surface area contributed by atoms with Crippen LogP contribution in [0.3, 0.4) is 0 Å². The van der Waals surface area contributed by atoms with Crippen LogP contribution in [0.25, 0.3) is 0 Å². The van der Waals surface area contributed by atoms with Gasteiger partial charge < -0.3 is 14.5 Å². The highest BCUT2D eigenvalue weighted by atomic mass is 35.5. The first-order valence-electron chi connectivity index (χ1n) is 8.12. The van der Waals surface area contributed by atoms with Crippen molar-refractivity contribution in [2.75, 3.05) is 0 Å². The highest BCUT2D eigenvalue weighted by molar-refractivity contribution is 6.40. The number of amides is 1. The number of carbonyl (C=O) groups is 1. The Morgan fingerprint density at radius 2 is 2.00 bits per heavy atom. The number of hydrogen-bond acceptors (Lipinski definition) is 4. The molecular weight excluding hydrogens is 413 g/mol. The molecular formula is C18H16Cl3N3O3. The summed E-state index contributed by atoms with van der Waals surface area (Å²) < 4.78 is 12.9. The largest absolute Gasteiger partial charge is 0.483 e. The van der Waals surface area contributed by atoms with Gasteiger partial charge in [0.15, 0.2) is 11.5 Å². The Hall–Kier alpha value is -2.15. The number of nitrogens with one attached hydrogen (secondary N) is 1. The van der Waals surface area contributed by atoms with Gasteiger partial charge in [-0.2, -0.15) is 5.10 Å². The van der Waals surface area contributed by atoms with Gasteiger partial charge in [-0.15, -0.1) is 0 Å². The normalized spacial score (nSPS) is 10.8. The van der Waals surface area contributed by atoms with Crippen LogP contribution < -0.4 is 10.1 Å². The second-order valence-electron chi connectivity index (χ2n) is 5.64. The van der Waals surface area contributed by atoms with E-state index in [1.165, 1.54) is 12.1 Å². The lowest BCUT2D eigenvalue weighted by atomic mass is 10.3. The predicted octanol–water partition coefficient (Wildman–Crippen LogP) is 4.97. The molecule has 0 fully saturated rings. The van der Waals surface area contributed by atoms with Crippen LogP contribution in [0.4, 0.5) is 0 Å². The van der Waals surface area contributed by atoms with E-state index in [1.807, 2.05) is 13.1 Å². The van der Waals surface area contributed by atoms with Crippen LogP contribution >= 0.6 is 34.8 Å². The van der Waals surface area contributed by atoms with Gasteiger partial charge >= 0.3 is 0 Å². The Kier molecular flexibility index (Phi) is 6.31. The van der Waals surface area contributed by atoms with Gasteiger partial charge in [0.2, 0.25) is 0 Å². The quantitative estimate of drug-likeness (QED) is 0.577. The highest BCUT2D eigenvalue weighted by Gasteiger charge is 2.14. The molecule has 0 aliphatic heterocycles. The van der Waals surface area contributed by atoms with Crippen LogP contribution in [0.2, 0.25) is 15.1 Å². The fourth-order valence-corrected chi connectivity index (χ4v) is 3.25. The molecule has 2 aromatic heterocycles. The van der Waals surface area contributed by atoms with Crippen molar-refractivity contribution in [1.82, 2.24) is 15.1 Å². The molecule has 0 spiro atoms. The van der Waals surface area contributed by atoms with E-state index in [0.717, 1.165) is 12.1 Å². The number of nitrogens with zero attached hydrogens (tertiary/aromatic N) is 2. The molecule has 1 N–H and O–H groups in total. The summed E-state index contributed by atoms with van der Waals surface area (Å²) in [5.41, 5.74) is 0.910. The standard InChI is InChI=1S/C18H16Cl3N3O3/c1-2-24-9-11(8-23-24)7-22-18(25)16-4-3-13(27-16)10-26-17-14(20)5-12(19)6-15(17)21/h3-6,8-9H,2,7,10H2,1H3,(H,22,25). The fourth-order valence-electron chi connectivity index (χ4n) is 2.33. The van der Waals surface area contributed by atoms with Crippen molar-refractivity contribution in [2.24, 2.45) is 0 Å². The molecule has 0 saturated carbocycles. The molecule has 142 valence electrons. The fraction of sp³-hybridized carbons (Fsp3) is 0.222. The number of halogens is 3. The van der Waals surface area contributed by atoms with Gasteiger partial charge in [-0.1, -0.05) is 34.8 Å². The van der Waals surface area contributed by atoms with Gasteiger partial charge in [0.25, 0.3) is 5.91 Å². The number of hydrogen-bond donors (Lipinski definition) is 1. The molecule has 6 nitrogen and oxygen atoms in total. The summed E-state index contributed by atoms with van der Waals surface area (Å²) in [4.78, 5) is 12.2. The molecule has 9 heteroatoms. The molecule has 3 rings (SSSR count). The summed E-state index contributed by atoms with van der Waals surface area (Å²) in [6.07, 6.45) is 3.59. The van der Waals surface area contributed by atoms with Gasteiger partial charge in [0, 0.05) is 29.9 Å². The summed E-state index contributed by atoms with van der Waals surface area (Å²) >= 11 is 18.0. The third-order valence-electron chi connectivity index (χ3n) is 3.67. The maximum absolute atomic E-state index is 12.2. The van der Waals surface area contributed by atoms with Crippen molar-refractivity contribution in [3.8, 4) is 5.75 Å². The number of benzene rings is 1. The molecule has 0 aliphatic rings. The third kappa shape index (κ3) is 4.97. The predicted molar refractivity (Wildman–Crippen MR) is 104 cm³/mol. The van der Waals surface area contributed by atoms with E-state index >= 15 is 0 Å². The number of ether oxygens (including phenoxy) is 1. The average molecular weight is 429 g/mol. The lowest BCUT2D eigenvalue weighted by Crippen LogP contribution is -2.22. The van der Waals surface area contributed by atoms with Crippen LogP contribution in [0.1, 0.15) is 28.8 Å². The molecule has 0 saturated heterocycles. The van der Waals surface area contributed by atoms with E-state index in [0.29, 0.717) is 33.1 Å². The van der Waals surface area contributed by atoms with Crippen molar-refractivity contribution >= 4 is 40.7 Å². The van der Waals surface area contributed by atoms with Crippen LogP contribution in [0.15, 0.2) is 41.1 Å². The third-order valence-corrected chi connectivity index (χ3v) is 4.45. The topological polar surface area (TPSA) is 69.3 Å². The maximum Gasteiger partial charge on any atom is 0.287 e. The molecule has 3 aromatic rings. The monoisotopic (exact) mass is 427 g/mol. The minimum absolute atomic E-state index is 0.0671. The Morgan fingerprint density at radius 3 is 2.67 bits per heavy atom. The van der Waals surface area contributed by atoms with Gasteiger partial charge in [-0.3, -0.25) is 9.48 Å². The maximum atomic E-state index is 12.2. The first kappa shape index (κ1) is 19.6. The Bertz CT molecular complexity index is 929. The second kappa shape index (κ2) is 8.69. The van der Waals surface area contributed by atoms with Crippen LogP contribution in [0.5, 0.6) is 5.75 Å². The van der Waals surface area contributed by atoms with Crippen molar-refractivity contribution in [1.29, 1.82) is 0 Å². The summed E-state index contributed by atoms with van der Waals surface area (Å²) in [5, 5.41) is 7.95. The lowest BCUT2D eigenvalue weighted by molar-refractivity contribution is 0.0919. The molecule has 0 aliphatic carbocycles. The number of furan rings is 1. The molecule has 2 heterocycles. The summed E-state index contributed by atoms with van der Waals surface area (Å²) in [5.74, 6) is 0.622. The van der Waals surface area contributed by atoms with E-state index in [2.05, 4.69) is 10.4 Å². The van der Waals surface area contributed by atoms with Gasteiger partial charge in [0.1, 0.15) is 12.4 Å². The van der Waals surface area contributed by atoms with Crippen molar-refractivity contribution in [2.45, 2.75) is 26.6 Å². The van der Waals surface area contributed by atoms with Crippen molar-refractivity contribution < 1.29 is 13.9 Å². The second-order valence-corrected chi connectivity index (χ2v) is 6.89.